The minimum Gasteiger partial charge on any atom is -0.452 e. The van der Waals surface area contributed by atoms with E-state index in [2.05, 4.69) is 24.1 Å². The average Bonchev–Trinajstić information content (AvgIpc) is 2.71. The molecule has 1 atom stereocenters. The third-order valence-electron chi connectivity index (χ3n) is 4.43. The van der Waals surface area contributed by atoms with Crippen molar-refractivity contribution in [2.24, 2.45) is 5.92 Å². The van der Waals surface area contributed by atoms with E-state index >= 15 is 0 Å². The Kier molecular flexibility index (Phi) is 6.37. The molecule has 0 saturated heterocycles. The number of esters is 1. The van der Waals surface area contributed by atoms with Crippen LogP contribution in [-0.4, -0.2) is 23.5 Å². The van der Waals surface area contributed by atoms with Gasteiger partial charge in [0.25, 0.3) is 5.91 Å². The molecule has 0 aliphatic heterocycles. The van der Waals surface area contributed by atoms with Gasteiger partial charge in [0.1, 0.15) is 0 Å². The Labute approximate surface area is 164 Å². The molecule has 28 heavy (non-hydrogen) atoms. The van der Waals surface area contributed by atoms with E-state index in [1.165, 1.54) is 0 Å². The maximum absolute atomic E-state index is 12.5. The Morgan fingerprint density at radius 1 is 1.00 bits per heavy atom. The van der Waals surface area contributed by atoms with E-state index in [1.54, 1.807) is 18.3 Å². The number of hydrogen-bond donors (Lipinski definition) is 1. The molecular weight excluding hydrogens is 352 g/mol. The number of amides is 1. The normalized spacial score (nSPS) is 12.0. The molecule has 0 unspecified atom stereocenters. The second-order valence-electron chi connectivity index (χ2n) is 7.12. The van der Waals surface area contributed by atoms with Crippen LogP contribution in [0.2, 0.25) is 0 Å². The number of carbonyl (C=O) groups is 2. The van der Waals surface area contributed by atoms with Crippen LogP contribution in [0.1, 0.15) is 42.2 Å². The largest absolute Gasteiger partial charge is 0.452 e. The first kappa shape index (κ1) is 19.5. The van der Waals surface area contributed by atoms with Crippen molar-refractivity contribution in [3.05, 3.63) is 78.0 Å². The molecule has 1 amide bonds. The highest BCUT2D eigenvalue weighted by Crippen LogP contribution is 2.21. The van der Waals surface area contributed by atoms with Crippen molar-refractivity contribution in [1.82, 2.24) is 10.3 Å². The van der Waals surface area contributed by atoms with Gasteiger partial charge in [-0.25, -0.2) is 4.79 Å². The lowest BCUT2D eigenvalue weighted by Gasteiger charge is -2.21. The zero-order valence-corrected chi connectivity index (χ0v) is 16.1. The molecule has 0 spiro atoms. The summed E-state index contributed by atoms with van der Waals surface area (Å²) in [5, 5.41) is 3.83. The highest BCUT2D eigenvalue weighted by Gasteiger charge is 2.18. The van der Waals surface area contributed by atoms with Crippen LogP contribution < -0.4 is 5.32 Å². The summed E-state index contributed by atoms with van der Waals surface area (Å²) >= 11 is 0. The number of carbonyl (C=O) groups excluding carboxylic acids is 2. The summed E-state index contributed by atoms with van der Waals surface area (Å²) < 4.78 is 5.25. The Bertz CT molecular complexity index is 949. The number of pyridine rings is 1. The molecule has 0 aliphatic rings. The Morgan fingerprint density at radius 2 is 1.75 bits per heavy atom. The summed E-state index contributed by atoms with van der Waals surface area (Å²) in [6.07, 6.45) is 2.43. The summed E-state index contributed by atoms with van der Waals surface area (Å²) in [6, 6.07) is 18.7. The second kappa shape index (κ2) is 9.13. The molecule has 1 N–H and O–H groups in total. The number of benzene rings is 2. The molecule has 3 aromatic rings. The molecule has 0 saturated carbocycles. The highest BCUT2D eigenvalue weighted by atomic mass is 16.5. The van der Waals surface area contributed by atoms with Crippen molar-refractivity contribution < 1.29 is 14.3 Å². The smallest absolute Gasteiger partial charge is 0.340 e. The number of rotatable bonds is 7. The maximum atomic E-state index is 12.5. The van der Waals surface area contributed by atoms with Crippen LogP contribution in [0, 0.1) is 5.92 Å². The third-order valence-corrected chi connectivity index (χ3v) is 4.43. The van der Waals surface area contributed by atoms with Gasteiger partial charge in [-0.15, -0.1) is 0 Å². The molecule has 0 aliphatic carbocycles. The first-order valence-electron chi connectivity index (χ1n) is 9.39. The minimum atomic E-state index is -0.556. The minimum absolute atomic E-state index is 0.119. The van der Waals surface area contributed by atoms with Crippen LogP contribution >= 0.6 is 0 Å². The first-order chi connectivity index (χ1) is 13.5. The fraction of sp³-hybridized carbons (Fsp3) is 0.261. The number of ether oxygens (including phenoxy) is 1. The van der Waals surface area contributed by atoms with Crippen molar-refractivity contribution in [2.75, 3.05) is 6.61 Å². The number of para-hydroxylation sites is 1. The van der Waals surface area contributed by atoms with E-state index in [-0.39, 0.29) is 18.6 Å². The van der Waals surface area contributed by atoms with Crippen LogP contribution in [0.5, 0.6) is 0 Å². The predicted molar refractivity (Wildman–Crippen MR) is 109 cm³/mol. The van der Waals surface area contributed by atoms with Gasteiger partial charge in [-0.05, 0) is 30.0 Å². The lowest BCUT2D eigenvalue weighted by molar-refractivity contribution is -0.125. The molecular formula is C23H24N2O3. The standard InChI is InChI=1S/C23H24N2O3/c1-16(2)14-20(17-8-4-3-5-9-17)25-21(26)15-28-23(27)19-12-6-10-18-11-7-13-24-22(18)19/h3-13,16,20H,14-15H2,1-2H3,(H,25,26)/t20-/m0/s1. The van der Waals surface area contributed by atoms with Gasteiger partial charge in [0.2, 0.25) is 0 Å². The number of fused-ring (bicyclic) bond motifs is 1. The van der Waals surface area contributed by atoms with Gasteiger partial charge in [0.15, 0.2) is 6.61 Å². The maximum Gasteiger partial charge on any atom is 0.340 e. The molecule has 3 rings (SSSR count). The van der Waals surface area contributed by atoms with Gasteiger partial charge in [-0.2, -0.15) is 0 Å². The quantitative estimate of drug-likeness (QED) is 0.625. The number of nitrogens with one attached hydrogen (secondary N) is 1. The average molecular weight is 376 g/mol. The van der Waals surface area contributed by atoms with Gasteiger partial charge in [0, 0.05) is 11.6 Å². The summed E-state index contributed by atoms with van der Waals surface area (Å²) in [7, 11) is 0. The number of aromatic nitrogens is 1. The van der Waals surface area contributed by atoms with E-state index < -0.39 is 5.97 Å². The van der Waals surface area contributed by atoms with Crippen molar-refractivity contribution in [2.45, 2.75) is 26.3 Å². The molecule has 1 heterocycles. The summed E-state index contributed by atoms with van der Waals surface area (Å²) in [6.45, 7) is 3.88. The monoisotopic (exact) mass is 376 g/mol. The molecule has 1 aromatic heterocycles. The topological polar surface area (TPSA) is 68.3 Å². The van der Waals surface area contributed by atoms with Gasteiger partial charge in [-0.3, -0.25) is 9.78 Å². The SMILES string of the molecule is CC(C)C[C@H](NC(=O)COC(=O)c1cccc2cccnc12)c1ccccc1. The molecule has 2 aromatic carbocycles. The molecule has 0 bridgehead atoms. The zero-order chi connectivity index (χ0) is 19.9. The summed E-state index contributed by atoms with van der Waals surface area (Å²) in [5.41, 5.74) is 1.96. The molecule has 144 valence electrons. The van der Waals surface area contributed by atoms with Crippen LogP contribution in [-0.2, 0) is 9.53 Å². The van der Waals surface area contributed by atoms with Gasteiger partial charge < -0.3 is 10.1 Å². The van der Waals surface area contributed by atoms with E-state index in [9.17, 15) is 9.59 Å². The third kappa shape index (κ3) is 4.94. The van der Waals surface area contributed by atoms with Crippen LogP contribution in [0.25, 0.3) is 10.9 Å². The predicted octanol–water partition coefficient (Wildman–Crippen LogP) is 4.30. The van der Waals surface area contributed by atoms with E-state index in [1.807, 2.05) is 48.5 Å². The molecule has 0 radical (unpaired) electrons. The molecule has 5 nitrogen and oxygen atoms in total. The summed E-state index contributed by atoms with van der Waals surface area (Å²) in [4.78, 5) is 29.1. The number of hydrogen-bond acceptors (Lipinski definition) is 4. The van der Waals surface area contributed by atoms with Crippen LogP contribution in [0.3, 0.4) is 0 Å². The summed E-state index contributed by atoms with van der Waals surface area (Å²) in [5.74, 6) is -0.467. The highest BCUT2D eigenvalue weighted by molar-refractivity contribution is 6.03. The molecule has 0 fully saturated rings. The fourth-order valence-corrected chi connectivity index (χ4v) is 3.15. The van der Waals surface area contributed by atoms with Crippen molar-refractivity contribution in [3.63, 3.8) is 0 Å². The Morgan fingerprint density at radius 3 is 2.50 bits per heavy atom. The first-order valence-corrected chi connectivity index (χ1v) is 9.39. The van der Waals surface area contributed by atoms with Crippen molar-refractivity contribution in [1.29, 1.82) is 0 Å². The fourth-order valence-electron chi connectivity index (χ4n) is 3.15. The Balaban J connectivity index is 1.64. The second-order valence-corrected chi connectivity index (χ2v) is 7.12. The van der Waals surface area contributed by atoms with E-state index in [0.29, 0.717) is 17.0 Å². The lowest BCUT2D eigenvalue weighted by atomic mass is 9.97. The van der Waals surface area contributed by atoms with E-state index in [0.717, 1.165) is 17.4 Å². The van der Waals surface area contributed by atoms with Gasteiger partial charge in [-0.1, -0.05) is 62.4 Å². The molecule has 5 heteroatoms. The van der Waals surface area contributed by atoms with Crippen LogP contribution in [0.15, 0.2) is 66.9 Å². The Hall–Kier alpha value is -3.21. The van der Waals surface area contributed by atoms with Crippen molar-refractivity contribution in [3.8, 4) is 0 Å². The number of nitrogens with zero attached hydrogens (tertiary/aromatic N) is 1. The van der Waals surface area contributed by atoms with Crippen molar-refractivity contribution >= 4 is 22.8 Å². The van der Waals surface area contributed by atoms with Crippen LogP contribution in [0.4, 0.5) is 0 Å². The van der Waals surface area contributed by atoms with Gasteiger partial charge in [0.05, 0.1) is 17.1 Å². The van der Waals surface area contributed by atoms with E-state index in [4.69, 9.17) is 4.74 Å². The lowest BCUT2D eigenvalue weighted by Crippen LogP contribution is -2.33. The zero-order valence-electron chi connectivity index (χ0n) is 16.1. The van der Waals surface area contributed by atoms with Gasteiger partial charge >= 0.3 is 5.97 Å².